The van der Waals surface area contributed by atoms with Gasteiger partial charge in [-0.2, -0.15) is 0 Å². The Morgan fingerprint density at radius 3 is 2.95 bits per heavy atom. The van der Waals surface area contributed by atoms with E-state index in [4.69, 9.17) is 17.3 Å². The van der Waals surface area contributed by atoms with Crippen molar-refractivity contribution in [3.05, 3.63) is 29.3 Å². The summed E-state index contributed by atoms with van der Waals surface area (Å²) in [4.78, 5) is 14.2. The number of halogens is 1. The van der Waals surface area contributed by atoms with Crippen LogP contribution in [0.15, 0.2) is 24.3 Å². The zero-order valence-electron chi connectivity index (χ0n) is 11.8. The minimum atomic E-state index is 0.000579. The zero-order chi connectivity index (χ0) is 14.5. The van der Waals surface area contributed by atoms with Gasteiger partial charge in [-0.1, -0.05) is 30.7 Å². The summed E-state index contributed by atoms with van der Waals surface area (Å²) < 4.78 is 0. The molecule has 0 spiro atoms. The average Bonchev–Trinajstić information content (AvgIpc) is 2.43. The summed E-state index contributed by atoms with van der Waals surface area (Å²) in [5, 5.41) is 3.42. The van der Waals surface area contributed by atoms with Crippen LogP contribution in [-0.2, 0) is 4.79 Å². The van der Waals surface area contributed by atoms with Crippen LogP contribution in [0.4, 0.5) is 5.69 Å². The molecule has 1 saturated heterocycles. The zero-order valence-corrected chi connectivity index (χ0v) is 12.6. The van der Waals surface area contributed by atoms with Gasteiger partial charge in [0.05, 0.1) is 10.7 Å². The van der Waals surface area contributed by atoms with Crippen molar-refractivity contribution in [1.82, 2.24) is 4.90 Å². The maximum atomic E-state index is 11.9. The van der Waals surface area contributed by atoms with Gasteiger partial charge in [-0.05, 0) is 31.0 Å². The number of hydrogen-bond acceptors (Lipinski definition) is 3. The number of benzene rings is 1. The van der Waals surface area contributed by atoms with E-state index in [2.05, 4.69) is 17.1 Å². The smallest absolute Gasteiger partial charge is 0.225 e. The molecule has 0 aliphatic carbocycles. The molecule has 3 N–H and O–H groups in total. The summed E-state index contributed by atoms with van der Waals surface area (Å²) in [5.41, 5.74) is 6.67. The lowest BCUT2D eigenvalue weighted by atomic mass is 9.95. The Bertz CT molecular complexity index is 466. The second-order valence-corrected chi connectivity index (χ2v) is 5.92. The van der Waals surface area contributed by atoms with Crippen LogP contribution in [-0.4, -0.2) is 36.5 Å². The first-order valence-electron chi connectivity index (χ1n) is 7.08. The summed E-state index contributed by atoms with van der Waals surface area (Å²) in [5.74, 6) is 0.496. The first-order valence-corrected chi connectivity index (χ1v) is 7.46. The fraction of sp³-hybridized carbons (Fsp3) is 0.533. The molecule has 1 heterocycles. The van der Waals surface area contributed by atoms with Crippen molar-refractivity contribution < 1.29 is 4.79 Å². The number of nitrogens with two attached hydrogens (primary N) is 1. The number of nitrogens with one attached hydrogen (secondary N) is 1. The normalized spacial score (nSPS) is 23.6. The van der Waals surface area contributed by atoms with Gasteiger partial charge in [0.2, 0.25) is 5.91 Å². The molecular formula is C15H22ClN3O. The lowest BCUT2D eigenvalue weighted by Gasteiger charge is -2.34. The number of piperidine rings is 1. The molecule has 1 fully saturated rings. The number of nitrogens with zero attached hydrogens (tertiary/aromatic N) is 1. The topological polar surface area (TPSA) is 58.4 Å². The second kappa shape index (κ2) is 7.07. The highest BCUT2D eigenvalue weighted by Gasteiger charge is 2.23. The molecule has 1 aromatic rings. The van der Waals surface area contributed by atoms with E-state index in [1.165, 1.54) is 0 Å². The molecule has 0 aromatic heterocycles. The number of anilines is 1. The third-order valence-corrected chi connectivity index (χ3v) is 4.19. The minimum Gasteiger partial charge on any atom is -0.327 e. The van der Waals surface area contributed by atoms with Crippen molar-refractivity contribution in [2.75, 3.05) is 25.0 Å². The fourth-order valence-electron chi connectivity index (χ4n) is 2.49. The van der Waals surface area contributed by atoms with Gasteiger partial charge in [0.1, 0.15) is 0 Å². The van der Waals surface area contributed by atoms with Crippen LogP contribution in [0.2, 0.25) is 5.02 Å². The van der Waals surface area contributed by atoms with E-state index in [-0.39, 0.29) is 5.91 Å². The van der Waals surface area contributed by atoms with Crippen LogP contribution < -0.4 is 11.1 Å². The van der Waals surface area contributed by atoms with Crippen molar-refractivity contribution in [2.45, 2.75) is 25.8 Å². The van der Waals surface area contributed by atoms with Crippen LogP contribution in [0, 0.1) is 5.92 Å². The number of hydrogen-bond donors (Lipinski definition) is 2. The molecule has 0 radical (unpaired) electrons. The number of carbonyl (C=O) groups excluding carboxylic acids is 1. The number of amides is 1. The van der Waals surface area contributed by atoms with Crippen LogP contribution in [0.1, 0.15) is 19.8 Å². The van der Waals surface area contributed by atoms with E-state index in [1.807, 2.05) is 18.2 Å². The Labute approximate surface area is 125 Å². The summed E-state index contributed by atoms with van der Waals surface area (Å²) in [6, 6.07) is 7.57. The van der Waals surface area contributed by atoms with Gasteiger partial charge >= 0.3 is 0 Å². The molecule has 4 nitrogen and oxygen atoms in total. The highest BCUT2D eigenvalue weighted by atomic mass is 35.5. The molecule has 1 aliphatic rings. The predicted octanol–water partition coefficient (Wildman–Crippen LogP) is 2.34. The molecule has 2 unspecified atom stereocenters. The molecule has 2 rings (SSSR count). The van der Waals surface area contributed by atoms with E-state index in [1.54, 1.807) is 6.07 Å². The first-order chi connectivity index (χ1) is 9.56. The third-order valence-electron chi connectivity index (χ3n) is 3.86. The average molecular weight is 296 g/mol. The van der Waals surface area contributed by atoms with E-state index >= 15 is 0 Å². The standard InChI is InChI=1S/C15H22ClN3O/c1-11-10-19(8-6-13(11)17)9-7-15(20)18-14-5-3-2-4-12(14)16/h2-5,11,13H,6-10,17H2,1H3,(H,18,20). The van der Waals surface area contributed by atoms with E-state index < -0.39 is 0 Å². The third kappa shape index (κ3) is 4.20. The molecule has 110 valence electrons. The SMILES string of the molecule is CC1CN(CCC(=O)Nc2ccccc2Cl)CCC1N. The van der Waals surface area contributed by atoms with E-state index in [9.17, 15) is 4.79 Å². The largest absolute Gasteiger partial charge is 0.327 e. The first kappa shape index (κ1) is 15.3. The number of rotatable bonds is 4. The molecule has 2 atom stereocenters. The maximum Gasteiger partial charge on any atom is 0.225 e. The van der Waals surface area contributed by atoms with Gasteiger partial charge in [0.25, 0.3) is 0 Å². The quantitative estimate of drug-likeness (QED) is 0.896. The van der Waals surface area contributed by atoms with Crippen molar-refractivity contribution >= 4 is 23.2 Å². The summed E-state index contributed by atoms with van der Waals surface area (Å²) in [7, 11) is 0. The van der Waals surface area contributed by atoms with Crippen molar-refractivity contribution in [2.24, 2.45) is 11.7 Å². The molecule has 1 aliphatic heterocycles. The summed E-state index contributed by atoms with van der Waals surface area (Å²) in [6.45, 7) is 4.89. The van der Waals surface area contributed by atoms with Crippen molar-refractivity contribution in [3.63, 3.8) is 0 Å². The van der Waals surface area contributed by atoms with Crippen LogP contribution >= 0.6 is 11.6 Å². The Kier molecular flexibility index (Phi) is 5.40. The number of likely N-dealkylation sites (tertiary alicyclic amines) is 1. The van der Waals surface area contributed by atoms with Gasteiger partial charge < -0.3 is 16.0 Å². The molecule has 0 bridgehead atoms. The summed E-state index contributed by atoms with van der Waals surface area (Å²) in [6.07, 6.45) is 1.49. The lowest BCUT2D eigenvalue weighted by Crippen LogP contribution is -2.46. The van der Waals surface area contributed by atoms with Gasteiger partial charge in [-0.3, -0.25) is 4.79 Å². The molecular weight excluding hydrogens is 274 g/mol. The number of para-hydroxylation sites is 1. The molecule has 20 heavy (non-hydrogen) atoms. The van der Waals surface area contributed by atoms with Gasteiger partial charge in [0, 0.05) is 25.6 Å². The van der Waals surface area contributed by atoms with Crippen LogP contribution in [0.5, 0.6) is 0 Å². The predicted molar refractivity (Wildman–Crippen MR) is 82.9 cm³/mol. The van der Waals surface area contributed by atoms with Crippen molar-refractivity contribution in [3.8, 4) is 0 Å². The van der Waals surface area contributed by atoms with Crippen LogP contribution in [0.25, 0.3) is 0 Å². The van der Waals surface area contributed by atoms with Gasteiger partial charge in [0.15, 0.2) is 0 Å². The maximum absolute atomic E-state index is 11.9. The Morgan fingerprint density at radius 1 is 1.50 bits per heavy atom. The molecule has 0 saturated carbocycles. The minimum absolute atomic E-state index is 0.000579. The monoisotopic (exact) mass is 295 g/mol. The Balaban J connectivity index is 1.77. The lowest BCUT2D eigenvalue weighted by molar-refractivity contribution is -0.116. The molecule has 5 heteroatoms. The summed E-state index contributed by atoms with van der Waals surface area (Å²) >= 11 is 6.01. The highest BCUT2D eigenvalue weighted by Crippen LogP contribution is 2.20. The fourth-order valence-corrected chi connectivity index (χ4v) is 2.67. The highest BCUT2D eigenvalue weighted by molar-refractivity contribution is 6.33. The van der Waals surface area contributed by atoms with Crippen LogP contribution in [0.3, 0.4) is 0 Å². The molecule has 1 amide bonds. The second-order valence-electron chi connectivity index (χ2n) is 5.51. The Morgan fingerprint density at radius 2 is 2.25 bits per heavy atom. The molecule has 1 aromatic carbocycles. The van der Waals surface area contributed by atoms with Crippen molar-refractivity contribution in [1.29, 1.82) is 0 Å². The Hall–Kier alpha value is -1.10. The van der Waals surface area contributed by atoms with Gasteiger partial charge in [-0.25, -0.2) is 0 Å². The number of carbonyl (C=O) groups is 1. The van der Waals surface area contributed by atoms with E-state index in [0.717, 1.165) is 26.1 Å². The van der Waals surface area contributed by atoms with Gasteiger partial charge in [-0.15, -0.1) is 0 Å². The van der Waals surface area contributed by atoms with E-state index in [0.29, 0.717) is 29.1 Å².